The van der Waals surface area contributed by atoms with Crippen molar-refractivity contribution in [2.24, 2.45) is 0 Å². The highest BCUT2D eigenvalue weighted by Crippen LogP contribution is 2.32. The molecule has 0 bridgehead atoms. The number of likely N-dealkylation sites (tertiary alicyclic amines) is 1. The zero-order valence-electron chi connectivity index (χ0n) is 13.3. The number of piperidine rings is 1. The molecule has 1 aromatic rings. The minimum absolute atomic E-state index is 0.174. The van der Waals surface area contributed by atoms with E-state index in [4.69, 9.17) is 14.2 Å². The third kappa shape index (κ3) is 3.64. The van der Waals surface area contributed by atoms with Gasteiger partial charge in [0.25, 0.3) is 0 Å². The fourth-order valence-corrected chi connectivity index (χ4v) is 3.28. The highest BCUT2D eigenvalue weighted by Gasteiger charge is 2.31. The molecule has 0 amide bonds. The van der Waals surface area contributed by atoms with E-state index in [9.17, 15) is 9.18 Å². The SMILES string of the molecule is CCOC(=O)[C@H]1CCCCN1Cc1cc(F)cc2c1OCOC2. The van der Waals surface area contributed by atoms with Crippen molar-refractivity contribution < 1.29 is 23.4 Å². The van der Waals surface area contributed by atoms with Crippen LogP contribution in [0.3, 0.4) is 0 Å². The summed E-state index contributed by atoms with van der Waals surface area (Å²) >= 11 is 0. The second-order valence-corrected chi connectivity index (χ2v) is 5.90. The minimum atomic E-state index is -0.308. The molecule has 1 aromatic carbocycles. The number of halogens is 1. The standard InChI is InChI=1S/C17H22FNO4/c1-2-22-17(20)15-5-3-4-6-19(15)9-12-7-14(18)8-13-10-21-11-23-16(12)13/h7-8,15H,2-6,9-11H2,1H3/t15-/m1/s1. The van der Waals surface area contributed by atoms with Crippen molar-refractivity contribution in [3.63, 3.8) is 0 Å². The molecule has 1 fully saturated rings. The van der Waals surface area contributed by atoms with Crippen LogP contribution in [0.5, 0.6) is 5.75 Å². The van der Waals surface area contributed by atoms with Gasteiger partial charge in [0, 0.05) is 17.7 Å². The second-order valence-electron chi connectivity index (χ2n) is 5.90. The molecule has 23 heavy (non-hydrogen) atoms. The zero-order valence-corrected chi connectivity index (χ0v) is 13.3. The topological polar surface area (TPSA) is 48.0 Å². The van der Waals surface area contributed by atoms with Gasteiger partial charge in [-0.05, 0) is 38.4 Å². The quantitative estimate of drug-likeness (QED) is 0.797. The van der Waals surface area contributed by atoms with Crippen LogP contribution in [-0.2, 0) is 27.4 Å². The number of rotatable bonds is 4. The number of esters is 1. The molecule has 5 nitrogen and oxygen atoms in total. The van der Waals surface area contributed by atoms with Crippen molar-refractivity contribution in [3.8, 4) is 5.75 Å². The van der Waals surface area contributed by atoms with Gasteiger partial charge in [0.2, 0.25) is 0 Å². The summed E-state index contributed by atoms with van der Waals surface area (Å²) in [5.74, 6) is 0.185. The van der Waals surface area contributed by atoms with Crippen molar-refractivity contribution in [1.82, 2.24) is 4.90 Å². The van der Waals surface area contributed by atoms with Crippen LogP contribution >= 0.6 is 0 Å². The summed E-state index contributed by atoms with van der Waals surface area (Å²) in [5, 5.41) is 0. The first kappa shape index (κ1) is 16.2. The first-order valence-electron chi connectivity index (χ1n) is 8.11. The van der Waals surface area contributed by atoms with Gasteiger partial charge >= 0.3 is 5.97 Å². The normalized spacial score (nSPS) is 21.4. The van der Waals surface area contributed by atoms with E-state index < -0.39 is 0 Å². The molecule has 1 saturated heterocycles. The van der Waals surface area contributed by atoms with E-state index in [0.29, 0.717) is 25.5 Å². The molecule has 0 radical (unpaired) electrons. The van der Waals surface area contributed by atoms with E-state index >= 15 is 0 Å². The van der Waals surface area contributed by atoms with Crippen molar-refractivity contribution in [2.75, 3.05) is 19.9 Å². The fourth-order valence-electron chi connectivity index (χ4n) is 3.28. The maximum absolute atomic E-state index is 13.9. The minimum Gasteiger partial charge on any atom is -0.467 e. The summed E-state index contributed by atoms with van der Waals surface area (Å²) in [4.78, 5) is 14.2. The smallest absolute Gasteiger partial charge is 0.323 e. The van der Waals surface area contributed by atoms with Crippen molar-refractivity contribution in [1.29, 1.82) is 0 Å². The number of nitrogens with zero attached hydrogens (tertiary/aromatic N) is 1. The number of carbonyl (C=O) groups excluding carboxylic acids is 1. The summed E-state index contributed by atoms with van der Waals surface area (Å²) in [6.45, 7) is 3.98. The lowest BCUT2D eigenvalue weighted by Crippen LogP contribution is -2.45. The summed E-state index contributed by atoms with van der Waals surface area (Å²) in [7, 11) is 0. The Morgan fingerprint density at radius 2 is 2.30 bits per heavy atom. The molecule has 1 atom stereocenters. The van der Waals surface area contributed by atoms with Gasteiger partial charge in [0.05, 0.1) is 13.2 Å². The van der Waals surface area contributed by atoms with E-state index in [0.717, 1.165) is 36.9 Å². The molecular formula is C17H22FNO4. The summed E-state index contributed by atoms with van der Waals surface area (Å²) in [6, 6.07) is 2.67. The van der Waals surface area contributed by atoms with Crippen molar-refractivity contribution in [2.45, 2.75) is 45.4 Å². The summed E-state index contributed by atoms with van der Waals surface area (Å²) in [6.07, 6.45) is 2.81. The van der Waals surface area contributed by atoms with Crippen LogP contribution in [0, 0.1) is 5.82 Å². The molecule has 0 aliphatic carbocycles. The number of benzene rings is 1. The average Bonchev–Trinajstić information content (AvgIpc) is 2.55. The molecule has 6 heteroatoms. The van der Waals surface area contributed by atoms with Crippen LogP contribution in [0.15, 0.2) is 12.1 Å². The van der Waals surface area contributed by atoms with E-state index in [1.807, 2.05) is 6.92 Å². The number of fused-ring (bicyclic) bond motifs is 1. The molecule has 2 aliphatic heterocycles. The Labute approximate surface area is 135 Å². The van der Waals surface area contributed by atoms with Crippen LogP contribution < -0.4 is 4.74 Å². The first-order valence-corrected chi connectivity index (χ1v) is 8.11. The Hall–Kier alpha value is -1.66. The van der Waals surface area contributed by atoms with Gasteiger partial charge in [-0.1, -0.05) is 6.42 Å². The van der Waals surface area contributed by atoms with Gasteiger partial charge in [-0.3, -0.25) is 9.69 Å². The second kappa shape index (κ2) is 7.27. The van der Waals surface area contributed by atoms with Gasteiger partial charge in [0.1, 0.15) is 17.6 Å². The Morgan fingerprint density at radius 1 is 1.43 bits per heavy atom. The number of carbonyl (C=O) groups is 1. The number of hydrogen-bond acceptors (Lipinski definition) is 5. The van der Waals surface area contributed by atoms with Gasteiger partial charge in [-0.2, -0.15) is 0 Å². The monoisotopic (exact) mass is 323 g/mol. The largest absolute Gasteiger partial charge is 0.467 e. The number of hydrogen-bond donors (Lipinski definition) is 0. The Balaban J connectivity index is 1.82. The Morgan fingerprint density at radius 3 is 3.13 bits per heavy atom. The molecule has 2 aliphatic rings. The Kier molecular flexibility index (Phi) is 5.13. The lowest BCUT2D eigenvalue weighted by molar-refractivity contribution is -0.151. The van der Waals surface area contributed by atoms with Crippen LogP contribution in [0.25, 0.3) is 0 Å². The lowest BCUT2D eigenvalue weighted by Gasteiger charge is -2.34. The zero-order chi connectivity index (χ0) is 16.2. The van der Waals surface area contributed by atoms with Crippen LogP contribution in [0.2, 0.25) is 0 Å². The highest BCUT2D eigenvalue weighted by molar-refractivity contribution is 5.75. The van der Waals surface area contributed by atoms with Gasteiger partial charge < -0.3 is 14.2 Å². The van der Waals surface area contributed by atoms with Gasteiger partial charge in [-0.15, -0.1) is 0 Å². The first-order chi connectivity index (χ1) is 11.2. The van der Waals surface area contributed by atoms with Gasteiger partial charge in [-0.25, -0.2) is 4.39 Å². The van der Waals surface area contributed by atoms with Crippen LogP contribution in [0.4, 0.5) is 4.39 Å². The molecule has 0 saturated carbocycles. The third-order valence-corrected chi connectivity index (χ3v) is 4.30. The number of ether oxygens (including phenoxy) is 3. The molecule has 0 spiro atoms. The highest BCUT2D eigenvalue weighted by atomic mass is 19.1. The van der Waals surface area contributed by atoms with Crippen molar-refractivity contribution >= 4 is 5.97 Å². The average molecular weight is 323 g/mol. The molecule has 126 valence electrons. The fraction of sp³-hybridized carbons (Fsp3) is 0.588. The van der Waals surface area contributed by atoms with Crippen LogP contribution in [-0.4, -0.2) is 36.9 Å². The maximum Gasteiger partial charge on any atom is 0.323 e. The maximum atomic E-state index is 13.9. The van der Waals surface area contributed by atoms with E-state index in [-0.39, 0.29) is 24.6 Å². The summed E-state index contributed by atoms with van der Waals surface area (Å²) < 4.78 is 29.8. The summed E-state index contributed by atoms with van der Waals surface area (Å²) in [5.41, 5.74) is 1.48. The molecule has 0 N–H and O–H groups in total. The van der Waals surface area contributed by atoms with E-state index in [1.165, 1.54) is 12.1 Å². The molecule has 0 unspecified atom stereocenters. The molecule has 0 aromatic heterocycles. The predicted molar refractivity (Wildman–Crippen MR) is 81.4 cm³/mol. The molecule has 3 rings (SSSR count). The van der Waals surface area contributed by atoms with E-state index in [1.54, 1.807) is 0 Å². The van der Waals surface area contributed by atoms with Gasteiger partial charge in [0.15, 0.2) is 6.79 Å². The lowest BCUT2D eigenvalue weighted by atomic mass is 10.00. The third-order valence-electron chi connectivity index (χ3n) is 4.30. The Bertz CT molecular complexity index is 578. The predicted octanol–water partition coefficient (Wildman–Crippen LogP) is 2.61. The van der Waals surface area contributed by atoms with E-state index in [2.05, 4.69) is 4.90 Å². The van der Waals surface area contributed by atoms with Crippen LogP contribution in [0.1, 0.15) is 37.3 Å². The molecule has 2 heterocycles. The molecular weight excluding hydrogens is 301 g/mol. The van der Waals surface area contributed by atoms with Crippen molar-refractivity contribution in [3.05, 3.63) is 29.1 Å².